The lowest BCUT2D eigenvalue weighted by molar-refractivity contribution is 0.0949. The molecule has 0 heterocycles. The van der Waals surface area contributed by atoms with E-state index in [9.17, 15) is 4.79 Å². The number of nitrogens with one attached hydrogen (secondary N) is 1. The van der Waals surface area contributed by atoms with Gasteiger partial charge in [0, 0.05) is 16.6 Å². The first-order valence-corrected chi connectivity index (χ1v) is 8.39. The molecule has 1 aromatic carbocycles. The monoisotopic (exact) mass is 337 g/mol. The van der Waals surface area contributed by atoms with Gasteiger partial charge < -0.3 is 5.32 Å². The van der Waals surface area contributed by atoms with Crippen molar-refractivity contribution in [2.24, 2.45) is 11.8 Å². The maximum Gasteiger partial charge on any atom is 0.251 e. The number of rotatable bonds is 4. The van der Waals surface area contributed by atoms with Crippen LogP contribution in [-0.2, 0) is 0 Å². The van der Waals surface area contributed by atoms with Crippen LogP contribution in [0.4, 0.5) is 0 Å². The van der Waals surface area contributed by atoms with E-state index in [1.54, 1.807) is 0 Å². The number of aryl methyl sites for hydroxylation is 1. The van der Waals surface area contributed by atoms with E-state index in [0.29, 0.717) is 0 Å². The van der Waals surface area contributed by atoms with Crippen LogP contribution >= 0.6 is 15.9 Å². The molecule has 0 aliphatic heterocycles. The van der Waals surface area contributed by atoms with Crippen LogP contribution in [-0.4, -0.2) is 12.5 Å². The molecule has 1 amide bonds. The van der Waals surface area contributed by atoms with Gasteiger partial charge in [0.15, 0.2) is 0 Å². The summed E-state index contributed by atoms with van der Waals surface area (Å²) in [5.74, 6) is 1.74. The molecule has 20 heavy (non-hydrogen) atoms. The topological polar surface area (TPSA) is 29.1 Å². The standard InChI is InChI=1S/C17H24BrNO/c1-12-3-5-14(6-4-12)7-8-19-17(20)15-9-13(2)10-16(18)11-15/h9-12,14H,3-8H2,1-2H3,(H,19,20). The molecule has 1 N–H and O–H groups in total. The van der Waals surface area contributed by atoms with Gasteiger partial charge >= 0.3 is 0 Å². The van der Waals surface area contributed by atoms with Gasteiger partial charge in [-0.3, -0.25) is 4.79 Å². The van der Waals surface area contributed by atoms with Gasteiger partial charge in [-0.25, -0.2) is 0 Å². The van der Waals surface area contributed by atoms with Gasteiger partial charge in [-0.15, -0.1) is 0 Å². The molecule has 1 fully saturated rings. The van der Waals surface area contributed by atoms with Crippen LogP contribution in [0.25, 0.3) is 0 Å². The Balaban J connectivity index is 1.77. The summed E-state index contributed by atoms with van der Waals surface area (Å²) in [6.07, 6.45) is 6.47. The molecule has 1 saturated carbocycles. The Morgan fingerprint density at radius 2 is 1.95 bits per heavy atom. The SMILES string of the molecule is Cc1cc(Br)cc(C(=O)NCCC2CCC(C)CC2)c1. The lowest BCUT2D eigenvalue weighted by Gasteiger charge is -2.26. The fraction of sp³-hybridized carbons (Fsp3) is 0.588. The van der Waals surface area contributed by atoms with Gasteiger partial charge in [-0.2, -0.15) is 0 Å². The van der Waals surface area contributed by atoms with Gasteiger partial charge in [0.2, 0.25) is 0 Å². The van der Waals surface area contributed by atoms with E-state index in [-0.39, 0.29) is 5.91 Å². The second kappa shape index (κ2) is 7.26. The lowest BCUT2D eigenvalue weighted by Crippen LogP contribution is -2.27. The zero-order valence-electron chi connectivity index (χ0n) is 12.4. The number of halogens is 1. The molecule has 3 heteroatoms. The van der Waals surface area contributed by atoms with Crippen molar-refractivity contribution in [3.8, 4) is 0 Å². The third-order valence-electron chi connectivity index (χ3n) is 4.28. The van der Waals surface area contributed by atoms with Crippen LogP contribution in [0.15, 0.2) is 22.7 Å². The van der Waals surface area contributed by atoms with Crippen LogP contribution in [0.5, 0.6) is 0 Å². The molecule has 1 aliphatic carbocycles. The van der Waals surface area contributed by atoms with Gasteiger partial charge in [-0.05, 0) is 48.9 Å². The molecule has 0 spiro atoms. The number of hydrogen-bond donors (Lipinski definition) is 1. The molecule has 110 valence electrons. The van der Waals surface area contributed by atoms with Gasteiger partial charge in [0.25, 0.3) is 5.91 Å². The summed E-state index contributed by atoms with van der Waals surface area (Å²) in [4.78, 5) is 12.1. The van der Waals surface area contributed by atoms with Crippen molar-refractivity contribution in [1.82, 2.24) is 5.32 Å². The van der Waals surface area contributed by atoms with Crippen molar-refractivity contribution in [3.05, 3.63) is 33.8 Å². The molecule has 0 aromatic heterocycles. The van der Waals surface area contributed by atoms with Crippen LogP contribution < -0.4 is 5.32 Å². The van der Waals surface area contributed by atoms with E-state index in [2.05, 4.69) is 28.2 Å². The summed E-state index contributed by atoms with van der Waals surface area (Å²) in [7, 11) is 0. The Morgan fingerprint density at radius 1 is 1.25 bits per heavy atom. The zero-order chi connectivity index (χ0) is 14.5. The Kier molecular flexibility index (Phi) is 5.64. The minimum absolute atomic E-state index is 0.0403. The first-order valence-electron chi connectivity index (χ1n) is 7.60. The van der Waals surface area contributed by atoms with Crippen LogP contribution in [0.3, 0.4) is 0 Å². The van der Waals surface area contributed by atoms with E-state index in [1.807, 2.05) is 25.1 Å². The van der Waals surface area contributed by atoms with E-state index in [4.69, 9.17) is 0 Å². The van der Waals surface area contributed by atoms with Gasteiger partial charge in [0.1, 0.15) is 0 Å². The number of benzene rings is 1. The van der Waals surface area contributed by atoms with E-state index >= 15 is 0 Å². The summed E-state index contributed by atoms with van der Waals surface area (Å²) in [5.41, 5.74) is 1.85. The second-order valence-corrected chi connectivity index (χ2v) is 7.10. The zero-order valence-corrected chi connectivity index (χ0v) is 14.0. The first-order chi connectivity index (χ1) is 9.54. The van der Waals surface area contributed by atoms with Crippen molar-refractivity contribution < 1.29 is 4.79 Å². The fourth-order valence-corrected chi connectivity index (χ4v) is 3.58. The van der Waals surface area contributed by atoms with Crippen molar-refractivity contribution in [1.29, 1.82) is 0 Å². The molecule has 2 nitrogen and oxygen atoms in total. The van der Waals surface area contributed by atoms with Crippen LogP contribution in [0, 0.1) is 18.8 Å². The van der Waals surface area contributed by atoms with E-state index in [1.165, 1.54) is 25.7 Å². The Bertz CT molecular complexity index is 444. The molecule has 1 aromatic rings. The molecule has 0 saturated heterocycles. The maximum absolute atomic E-state index is 12.1. The van der Waals surface area contributed by atoms with E-state index in [0.717, 1.165) is 40.4 Å². The number of hydrogen-bond acceptors (Lipinski definition) is 1. The third kappa shape index (κ3) is 4.62. The minimum Gasteiger partial charge on any atom is -0.352 e. The summed E-state index contributed by atoms with van der Waals surface area (Å²) in [5, 5.41) is 3.05. The highest BCUT2D eigenvalue weighted by Gasteiger charge is 2.18. The highest BCUT2D eigenvalue weighted by Crippen LogP contribution is 2.29. The molecule has 0 unspecified atom stereocenters. The average molecular weight is 338 g/mol. The normalized spacial score (nSPS) is 22.6. The van der Waals surface area contributed by atoms with E-state index < -0.39 is 0 Å². The molecule has 0 atom stereocenters. The van der Waals surface area contributed by atoms with Crippen molar-refractivity contribution in [3.63, 3.8) is 0 Å². The number of carbonyl (C=O) groups excluding carboxylic acids is 1. The summed E-state index contributed by atoms with van der Waals surface area (Å²) in [6.45, 7) is 5.14. The Morgan fingerprint density at radius 3 is 2.60 bits per heavy atom. The fourth-order valence-electron chi connectivity index (χ4n) is 2.98. The maximum atomic E-state index is 12.1. The third-order valence-corrected chi connectivity index (χ3v) is 4.74. The highest BCUT2D eigenvalue weighted by atomic mass is 79.9. The molecule has 0 radical (unpaired) electrons. The summed E-state index contributed by atoms with van der Waals surface area (Å²) < 4.78 is 0.962. The van der Waals surface area contributed by atoms with Gasteiger partial charge in [0.05, 0.1) is 0 Å². The second-order valence-electron chi connectivity index (χ2n) is 6.19. The predicted octanol–water partition coefficient (Wildman–Crippen LogP) is 4.70. The van der Waals surface area contributed by atoms with Crippen molar-refractivity contribution >= 4 is 21.8 Å². The lowest BCUT2D eigenvalue weighted by atomic mass is 9.81. The molecular weight excluding hydrogens is 314 g/mol. The highest BCUT2D eigenvalue weighted by molar-refractivity contribution is 9.10. The first kappa shape index (κ1) is 15.6. The Labute approximate surface area is 130 Å². The Hall–Kier alpha value is -0.830. The summed E-state index contributed by atoms with van der Waals surface area (Å²) >= 11 is 3.44. The quantitative estimate of drug-likeness (QED) is 0.847. The van der Waals surface area contributed by atoms with Crippen molar-refractivity contribution in [2.75, 3.05) is 6.54 Å². The van der Waals surface area contributed by atoms with Crippen LogP contribution in [0.2, 0.25) is 0 Å². The minimum atomic E-state index is 0.0403. The molecule has 1 aliphatic rings. The summed E-state index contributed by atoms with van der Waals surface area (Å²) in [6, 6.07) is 5.83. The van der Waals surface area contributed by atoms with Crippen LogP contribution in [0.1, 0.15) is 54.9 Å². The average Bonchev–Trinajstić information content (AvgIpc) is 2.40. The molecule has 0 bridgehead atoms. The molecule has 2 rings (SSSR count). The predicted molar refractivity (Wildman–Crippen MR) is 87.0 cm³/mol. The van der Waals surface area contributed by atoms with Crippen molar-refractivity contribution in [2.45, 2.75) is 46.0 Å². The smallest absolute Gasteiger partial charge is 0.251 e. The number of carbonyl (C=O) groups is 1. The van der Waals surface area contributed by atoms with Gasteiger partial charge in [-0.1, -0.05) is 48.5 Å². The largest absolute Gasteiger partial charge is 0.352 e. The number of amides is 1. The molecular formula is C17H24BrNO.